The number of ether oxygens (including phenoxy) is 1. The molecule has 0 amide bonds. The highest BCUT2D eigenvalue weighted by Gasteiger charge is 2.02. The highest BCUT2D eigenvalue weighted by atomic mass is 127. The Morgan fingerprint density at radius 1 is 1.18 bits per heavy atom. The Morgan fingerprint density at radius 2 is 1.94 bits per heavy atom. The van der Waals surface area contributed by atoms with Gasteiger partial charge in [0.1, 0.15) is 5.15 Å². The van der Waals surface area contributed by atoms with Crippen molar-refractivity contribution in [2.75, 3.05) is 0 Å². The van der Waals surface area contributed by atoms with Gasteiger partial charge in [0.05, 0.1) is 13.2 Å². The molecule has 2 aromatic rings. The standard InChI is InChI=1S/C13H11ClINO/c14-13-11(6-12(15)7-16-13)9-17-8-10-4-2-1-3-5-10/h1-7H,8-9H2. The first-order valence-corrected chi connectivity index (χ1v) is 6.63. The van der Waals surface area contributed by atoms with E-state index in [1.165, 1.54) is 0 Å². The molecule has 2 nitrogen and oxygen atoms in total. The number of hydrogen-bond donors (Lipinski definition) is 0. The second-order valence-electron chi connectivity index (χ2n) is 3.58. The molecule has 0 aliphatic rings. The van der Waals surface area contributed by atoms with Gasteiger partial charge in [0.25, 0.3) is 0 Å². The Morgan fingerprint density at radius 3 is 2.71 bits per heavy atom. The molecular formula is C13H11ClINO. The summed E-state index contributed by atoms with van der Waals surface area (Å²) in [6.45, 7) is 1.07. The van der Waals surface area contributed by atoms with E-state index in [0.717, 1.165) is 14.7 Å². The van der Waals surface area contributed by atoms with Crippen molar-refractivity contribution in [1.82, 2.24) is 4.98 Å². The molecule has 0 radical (unpaired) electrons. The maximum atomic E-state index is 5.98. The summed E-state index contributed by atoms with van der Waals surface area (Å²) in [4.78, 5) is 4.08. The maximum Gasteiger partial charge on any atom is 0.134 e. The van der Waals surface area contributed by atoms with Crippen LogP contribution in [-0.4, -0.2) is 4.98 Å². The fraction of sp³-hybridized carbons (Fsp3) is 0.154. The molecule has 0 fully saturated rings. The Bertz CT molecular complexity index is 490. The van der Waals surface area contributed by atoms with E-state index < -0.39 is 0 Å². The lowest BCUT2D eigenvalue weighted by atomic mass is 10.2. The van der Waals surface area contributed by atoms with E-state index >= 15 is 0 Å². The van der Waals surface area contributed by atoms with Gasteiger partial charge in [0, 0.05) is 15.3 Å². The predicted molar refractivity (Wildman–Crippen MR) is 76.9 cm³/mol. The van der Waals surface area contributed by atoms with Gasteiger partial charge in [-0.2, -0.15) is 0 Å². The molecule has 0 bridgehead atoms. The van der Waals surface area contributed by atoms with Crippen LogP contribution in [0.5, 0.6) is 0 Å². The molecule has 17 heavy (non-hydrogen) atoms. The Kier molecular flexibility index (Phi) is 4.76. The van der Waals surface area contributed by atoms with Crippen molar-refractivity contribution in [3.63, 3.8) is 0 Å². The molecule has 1 aromatic heterocycles. The number of benzene rings is 1. The molecule has 0 saturated carbocycles. The number of nitrogens with zero attached hydrogens (tertiary/aromatic N) is 1. The van der Waals surface area contributed by atoms with Gasteiger partial charge >= 0.3 is 0 Å². The van der Waals surface area contributed by atoms with Crippen LogP contribution in [0, 0.1) is 3.57 Å². The van der Waals surface area contributed by atoms with Crippen LogP contribution in [0.3, 0.4) is 0 Å². The molecule has 88 valence electrons. The van der Waals surface area contributed by atoms with Gasteiger partial charge in [-0.05, 0) is 34.2 Å². The molecule has 0 aliphatic carbocycles. The van der Waals surface area contributed by atoms with Crippen molar-refractivity contribution in [3.8, 4) is 0 Å². The molecule has 1 aromatic carbocycles. The average Bonchev–Trinajstić information content (AvgIpc) is 2.35. The van der Waals surface area contributed by atoms with Crippen LogP contribution in [0.25, 0.3) is 0 Å². The van der Waals surface area contributed by atoms with Crippen LogP contribution in [-0.2, 0) is 18.0 Å². The van der Waals surface area contributed by atoms with Gasteiger partial charge in [-0.25, -0.2) is 4.98 Å². The third-order valence-electron chi connectivity index (χ3n) is 2.25. The lowest BCUT2D eigenvalue weighted by molar-refractivity contribution is 0.107. The van der Waals surface area contributed by atoms with Crippen LogP contribution in [0.2, 0.25) is 5.15 Å². The summed E-state index contributed by atoms with van der Waals surface area (Å²) < 4.78 is 6.67. The van der Waals surface area contributed by atoms with Gasteiger partial charge in [0.15, 0.2) is 0 Å². The summed E-state index contributed by atoms with van der Waals surface area (Å²) in [5.74, 6) is 0. The Hall–Kier alpha value is -0.650. The predicted octanol–water partition coefficient (Wildman–Crippen LogP) is 4.06. The monoisotopic (exact) mass is 359 g/mol. The molecule has 0 saturated heterocycles. The summed E-state index contributed by atoms with van der Waals surface area (Å²) in [5, 5.41) is 0.512. The van der Waals surface area contributed by atoms with Crippen molar-refractivity contribution in [1.29, 1.82) is 0 Å². The second-order valence-corrected chi connectivity index (χ2v) is 5.19. The number of rotatable bonds is 4. The first-order valence-electron chi connectivity index (χ1n) is 5.17. The van der Waals surface area contributed by atoms with Crippen LogP contribution in [0.15, 0.2) is 42.6 Å². The first-order chi connectivity index (χ1) is 8.25. The SMILES string of the molecule is Clc1ncc(I)cc1COCc1ccccc1. The number of pyridine rings is 1. The second kappa shape index (κ2) is 6.33. The molecule has 2 rings (SSSR count). The molecule has 0 unspecified atom stereocenters. The van der Waals surface area contributed by atoms with E-state index in [2.05, 4.69) is 27.6 Å². The van der Waals surface area contributed by atoms with Crippen molar-refractivity contribution in [2.24, 2.45) is 0 Å². The quantitative estimate of drug-likeness (QED) is 0.607. The summed E-state index contributed by atoms with van der Waals surface area (Å²) in [7, 11) is 0. The fourth-order valence-electron chi connectivity index (χ4n) is 1.42. The van der Waals surface area contributed by atoms with E-state index in [0.29, 0.717) is 18.4 Å². The molecule has 0 atom stereocenters. The summed E-state index contributed by atoms with van der Waals surface area (Å²) in [6.07, 6.45) is 1.74. The molecule has 1 heterocycles. The van der Waals surface area contributed by atoms with E-state index in [1.807, 2.05) is 36.4 Å². The van der Waals surface area contributed by atoms with E-state index in [1.54, 1.807) is 6.20 Å². The lowest BCUT2D eigenvalue weighted by Crippen LogP contribution is -1.96. The zero-order valence-electron chi connectivity index (χ0n) is 9.07. The number of aromatic nitrogens is 1. The molecule has 0 aliphatic heterocycles. The minimum Gasteiger partial charge on any atom is -0.372 e. The lowest BCUT2D eigenvalue weighted by Gasteiger charge is -2.06. The summed E-state index contributed by atoms with van der Waals surface area (Å²) >= 11 is 8.19. The van der Waals surface area contributed by atoms with Gasteiger partial charge in [-0.3, -0.25) is 0 Å². The smallest absolute Gasteiger partial charge is 0.134 e. The normalized spacial score (nSPS) is 10.5. The summed E-state index contributed by atoms with van der Waals surface area (Å²) in [6, 6.07) is 12.0. The zero-order chi connectivity index (χ0) is 12.1. The van der Waals surface area contributed by atoms with Crippen molar-refractivity contribution in [3.05, 3.63) is 62.4 Å². The molecule has 4 heteroatoms. The molecule has 0 N–H and O–H groups in total. The third-order valence-corrected chi connectivity index (χ3v) is 3.18. The van der Waals surface area contributed by atoms with E-state index in [9.17, 15) is 0 Å². The topological polar surface area (TPSA) is 22.1 Å². The highest BCUT2D eigenvalue weighted by Crippen LogP contribution is 2.17. The molecule has 0 spiro atoms. The van der Waals surface area contributed by atoms with Gasteiger partial charge in [0.2, 0.25) is 0 Å². The minimum atomic E-state index is 0.484. The Balaban J connectivity index is 1.92. The van der Waals surface area contributed by atoms with Crippen LogP contribution in [0.1, 0.15) is 11.1 Å². The fourth-order valence-corrected chi connectivity index (χ4v) is 2.09. The van der Waals surface area contributed by atoms with Crippen molar-refractivity contribution < 1.29 is 4.74 Å². The van der Waals surface area contributed by atoms with Gasteiger partial charge < -0.3 is 4.74 Å². The van der Waals surface area contributed by atoms with Gasteiger partial charge in [-0.1, -0.05) is 41.9 Å². The average molecular weight is 360 g/mol. The van der Waals surface area contributed by atoms with Crippen LogP contribution >= 0.6 is 34.2 Å². The van der Waals surface area contributed by atoms with Crippen molar-refractivity contribution in [2.45, 2.75) is 13.2 Å². The zero-order valence-corrected chi connectivity index (χ0v) is 12.0. The van der Waals surface area contributed by atoms with E-state index in [-0.39, 0.29) is 0 Å². The van der Waals surface area contributed by atoms with Gasteiger partial charge in [-0.15, -0.1) is 0 Å². The minimum absolute atomic E-state index is 0.484. The summed E-state index contributed by atoms with van der Waals surface area (Å²) in [5.41, 5.74) is 2.08. The Labute approximate surface area is 119 Å². The maximum absolute atomic E-state index is 5.98. The molecular weight excluding hydrogens is 349 g/mol. The van der Waals surface area contributed by atoms with Crippen LogP contribution < -0.4 is 0 Å². The van der Waals surface area contributed by atoms with Crippen molar-refractivity contribution >= 4 is 34.2 Å². The first kappa shape index (κ1) is 12.8. The highest BCUT2D eigenvalue weighted by molar-refractivity contribution is 14.1. The number of hydrogen-bond acceptors (Lipinski definition) is 2. The van der Waals surface area contributed by atoms with Crippen LogP contribution in [0.4, 0.5) is 0 Å². The third kappa shape index (κ3) is 3.94. The number of halogens is 2. The van der Waals surface area contributed by atoms with E-state index in [4.69, 9.17) is 16.3 Å². The largest absolute Gasteiger partial charge is 0.372 e.